The summed E-state index contributed by atoms with van der Waals surface area (Å²) in [5, 5.41) is 0.726. The summed E-state index contributed by atoms with van der Waals surface area (Å²) >= 11 is 6.08. The summed E-state index contributed by atoms with van der Waals surface area (Å²) in [5.41, 5.74) is 1.92. The quantitative estimate of drug-likeness (QED) is 0.605. The number of ether oxygens (including phenoxy) is 3. The van der Waals surface area contributed by atoms with Crippen LogP contribution < -0.4 is 4.74 Å². The van der Waals surface area contributed by atoms with Crippen molar-refractivity contribution in [3.63, 3.8) is 0 Å². The zero-order valence-corrected chi connectivity index (χ0v) is 16.7. The zero-order chi connectivity index (χ0) is 19.6. The number of benzene rings is 2. The minimum absolute atomic E-state index is 0.0722. The van der Waals surface area contributed by atoms with Gasteiger partial charge in [0.1, 0.15) is 17.3 Å². The van der Waals surface area contributed by atoms with Crippen LogP contribution in [0.25, 0.3) is 0 Å². The molecule has 1 aliphatic heterocycles. The molecule has 0 amide bonds. The third-order valence-corrected chi connectivity index (χ3v) is 5.35. The lowest BCUT2D eigenvalue weighted by Crippen LogP contribution is -2.31. The van der Waals surface area contributed by atoms with Gasteiger partial charge in [0.15, 0.2) is 0 Å². The van der Waals surface area contributed by atoms with Gasteiger partial charge in [0.05, 0.1) is 19.1 Å². The van der Waals surface area contributed by atoms with Crippen LogP contribution in [-0.4, -0.2) is 22.7 Å². The molecular formula is C22H23ClN2O3. The van der Waals surface area contributed by atoms with E-state index in [9.17, 15) is 0 Å². The number of H-pyrrole nitrogens is 1. The highest BCUT2D eigenvalue weighted by Crippen LogP contribution is 2.38. The van der Waals surface area contributed by atoms with Crippen molar-refractivity contribution in [1.82, 2.24) is 9.97 Å². The van der Waals surface area contributed by atoms with Gasteiger partial charge in [-0.2, -0.15) is 0 Å². The number of rotatable bonds is 6. The van der Waals surface area contributed by atoms with Crippen molar-refractivity contribution in [2.75, 3.05) is 6.61 Å². The summed E-state index contributed by atoms with van der Waals surface area (Å²) in [7, 11) is 0. The van der Waals surface area contributed by atoms with Crippen LogP contribution in [0.5, 0.6) is 11.5 Å². The van der Waals surface area contributed by atoms with Crippen LogP contribution >= 0.6 is 11.6 Å². The van der Waals surface area contributed by atoms with Crippen LogP contribution in [-0.2, 0) is 21.7 Å². The molecule has 0 spiro atoms. The Hall–Kier alpha value is -2.34. The van der Waals surface area contributed by atoms with Gasteiger partial charge >= 0.3 is 0 Å². The molecule has 4 rings (SSSR count). The summed E-state index contributed by atoms with van der Waals surface area (Å²) in [6, 6.07) is 13.4. The van der Waals surface area contributed by atoms with Gasteiger partial charge in [-0.3, -0.25) is 0 Å². The van der Waals surface area contributed by atoms with E-state index in [0.29, 0.717) is 13.0 Å². The molecule has 6 heteroatoms. The predicted molar refractivity (Wildman–Crippen MR) is 108 cm³/mol. The molecule has 28 heavy (non-hydrogen) atoms. The van der Waals surface area contributed by atoms with E-state index in [-0.39, 0.29) is 6.10 Å². The number of nitrogens with zero attached hydrogens (tertiary/aromatic N) is 1. The van der Waals surface area contributed by atoms with Crippen molar-refractivity contribution in [2.24, 2.45) is 0 Å². The molecule has 1 fully saturated rings. The number of nitrogens with one attached hydrogen (secondary N) is 1. The summed E-state index contributed by atoms with van der Waals surface area (Å²) < 4.78 is 18.4. The molecule has 1 aromatic heterocycles. The number of halogens is 1. The molecule has 5 nitrogen and oxygen atoms in total. The first-order valence-electron chi connectivity index (χ1n) is 9.42. The maximum absolute atomic E-state index is 6.31. The Balaban J connectivity index is 1.56. The minimum atomic E-state index is -0.839. The smallest absolute Gasteiger partial charge is 0.202 e. The molecule has 0 saturated carbocycles. The number of hydrogen-bond acceptors (Lipinski definition) is 4. The lowest BCUT2D eigenvalue weighted by Gasteiger charge is -2.28. The average molecular weight is 399 g/mol. The van der Waals surface area contributed by atoms with Crippen LogP contribution in [0.3, 0.4) is 0 Å². The van der Waals surface area contributed by atoms with E-state index < -0.39 is 5.79 Å². The largest absolute Gasteiger partial charge is 0.457 e. The first kappa shape index (κ1) is 19.0. The molecule has 0 radical (unpaired) electrons. The molecule has 2 atom stereocenters. The molecule has 1 aliphatic rings. The normalized spacial score (nSPS) is 21.8. The number of aryl methyl sites for hydroxylation is 1. The highest BCUT2D eigenvalue weighted by Gasteiger charge is 2.43. The second-order valence-corrected chi connectivity index (χ2v) is 7.37. The van der Waals surface area contributed by atoms with E-state index in [2.05, 4.69) is 16.9 Å². The molecule has 0 bridgehead atoms. The van der Waals surface area contributed by atoms with Crippen LogP contribution in [0.4, 0.5) is 0 Å². The number of aromatic amines is 1. The fourth-order valence-corrected chi connectivity index (χ4v) is 3.44. The molecule has 2 unspecified atom stereocenters. The second-order valence-electron chi connectivity index (χ2n) is 6.96. The molecule has 1 N–H and O–H groups in total. The Kier molecular flexibility index (Phi) is 5.40. The Morgan fingerprint density at radius 1 is 1.21 bits per heavy atom. The van der Waals surface area contributed by atoms with Crippen LogP contribution in [0.1, 0.15) is 30.3 Å². The van der Waals surface area contributed by atoms with Gasteiger partial charge in [-0.25, -0.2) is 4.98 Å². The number of imidazole rings is 1. The topological polar surface area (TPSA) is 56.4 Å². The van der Waals surface area contributed by atoms with Gasteiger partial charge in [-0.1, -0.05) is 18.5 Å². The Bertz CT molecular complexity index is 927. The molecule has 146 valence electrons. The average Bonchev–Trinajstić information content (AvgIpc) is 3.36. The van der Waals surface area contributed by atoms with Gasteiger partial charge in [-0.15, -0.1) is 0 Å². The van der Waals surface area contributed by atoms with Crippen LogP contribution in [0.15, 0.2) is 54.9 Å². The highest BCUT2D eigenvalue weighted by molar-refractivity contribution is 6.31. The molecule has 1 saturated heterocycles. The van der Waals surface area contributed by atoms with Gasteiger partial charge in [0.25, 0.3) is 0 Å². The summed E-state index contributed by atoms with van der Waals surface area (Å²) in [4.78, 5) is 7.48. The molecule has 3 aromatic rings. The van der Waals surface area contributed by atoms with Crippen molar-refractivity contribution in [2.45, 2.75) is 38.6 Å². The maximum Gasteiger partial charge on any atom is 0.202 e. The SMILES string of the molecule is CCC1COC(Cc2ncc[nH]2)(c2ccc(Oc3ccc(Cl)c(C)c3)cc2)O1. The Morgan fingerprint density at radius 3 is 2.64 bits per heavy atom. The lowest BCUT2D eigenvalue weighted by molar-refractivity contribution is -0.177. The number of aromatic nitrogens is 2. The van der Waals surface area contributed by atoms with Gasteiger partial charge in [0.2, 0.25) is 5.79 Å². The standard InChI is InChI=1S/C22H23ClN2O3/c1-3-17-14-26-22(28-17,13-21-24-10-11-25-21)16-4-6-18(7-5-16)27-19-8-9-20(23)15(2)12-19/h4-12,17H,3,13-14H2,1-2H3,(H,24,25). The molecule has 2 heterocycles. The molecular weight excluding hydrogens is 376 g/mol. The van der Waals surface area contributed by atoms with Crippen molar-refractivity contribution >= 4 is 11.6 Å². The first-order valence-corrected chi connectivity index (χ1v) is 9.80. The van der Waals surface area contributed by atoms with Gasteiger partial charge in [0, 0.05) is 23.0 Å². The van der Waals surface area contributed by atoms with Gasteiger partial charge < -0.3 is 19.2 Å². The maximum atomic E-state index is 6.31. The van der Waals surface area contributed by atoms with E-state index in [1.165, 1.54) is 0 Å². The monoisotopic (exact) mass is 398 g/mol. The summed E-state index contributed by atoms with van der Waals surface area (Å²) in [6.07, 6.45) is 5.04. The van der Waals surface area contributed by atoms with E-state index in [4.69, 9.17) is 25.8 Å². The minimum Gasteiger partial charge on any atom is -0.457 e. The lowest BCUT2D eigenvalue weighted by atomic mass is 10.0. The van der Waals surface area contributed by atoms with Crippen molar-refractivity contribution in [1.29, 1.82) is 0 Å². The van der Waals surface area contributed by atoms with Crippen molar-refractivity contribution in [3.05, 3.63) is 76.8 Å². The van der Waals surface area contributed by atoms with Crippen LogP contribution in [0, 0.1) is 6.92 Å². The second kappa shape index (κ2) is 7.95. The van der Waals surface area contributed by atoms with E-state index in [1.807, 2.05) is 49.4 Å². The Morgan fingerprint density at radius 2 is 2.00 bits per heavy atom. The fourth-order valence-electron chi connectivity index (χ4n) is 3.32. The zero-order valence-electron chi connectivity index (χ0n) is 15.9. The third-order valence-electron chi connectivity index (χ3n) is 4.93. The number of hydrogen-bond donors (Lipinski definition) is 1. The first-order chi connectivity index (χ1) is 13.6. The predicted octanol–water partition coefficient (Wildman–Crippen LogP) is 5.38. The van der Waals surface area contributed by atoms with Crippen molar-refractivity contribution < 1.29 is 14.2 Å². The summed E-state index contributed by atoms with van der Waals surface area (Å²) in [6.45, 7) is 4.62. The third kappa shape index (κ3) is 3.92. The van der Waals surface area contributed by atoms with E-state index >= 15 is 0 Å². The summed E-state index contributed by atoms with van der Waals surface area (Å²) in [5.74, 6) is 1.48. The Labute approximate surface area is 169 Å². The van der Waals surface area contributed by atoms with Crippen molar-refractivity contribution in [3.8, 4) is 11.5 Å². The molecule has 0 aliphatic carbocycles. The van der Waals surface area contributed by atoms with Crippen LogP contribution in [0.2, 0.25) is 5.02 Å². The van der Waals surface area contributed by atoms with E-state index in [1.54, 1.807) is 12.4 Å². The molecule has 2 aromatic carbocycles. The highest BCUT2D eigenvalue weighted by atomic mass is 35.5. The van der Waals surface area contributed by atoms with Gasteiger partial charge in [-0.05, 0) is 61.4 Å². The van der Waals surface area contributed by atoms with E-state index in [0.717, 1.165) is 39.9 Å². The fraction of sp³-hybridized carbons (Fsp3) is 0.318.